The molecule has 0 aromatic carbocycles. The molecule has 0 saturated carbocycles. The van der Waals surface area contributed by atoms with E-state index in [9.17, 15) is 0 Å². The first-order valence-electron chi connectivity index (χ1n) is 5.39. The molecule has 0 aromatic heterocycles. The molecular weight excluding hydrogens is 346 g/mol. The van der Waals surface area contributed by atoms with Crippen LogP contribution in [0, 0.1) is 0 Å². The van der Waals surface area contributed by atoms with Gasteiger partial charge in [-0.2, -0.15) is 0 Å². The molecule has 0 nitrogen and oxygen atoms in total. The Morgan fingerprint density at radius 1 is 0.882 bits per heavy atom. The maximum Gasteiger partial charge on any atom is -0.147 e. The van der Waals surface area contributed by atoms with Crippen molar-refractivity contribution >= 4 is 50.1 Å². The number of allylic oxidation sites excluding steroid dienone is 4. The molecule has 0 saturated heterocycles. The van der Waals surface area contributed by atoms with Crippen molar-refractivity contribution in [2.75, 3.05) is 0 Å². The second-order valence-corrected chi connectivity index (χ2v) is 34.7. The molecule has 0 aromatic rings. The minimum atomic E-state index is -0.888. The SMILES string of the molecule is C[Si](C)(C)[V]([C]1=CC=CC1)[Si](C)(C)C.Cl.Cl.Cl. The summed E-state index contributed by atoms with van der Waals surface area (Å²) in [5, 5.41) is 0. The van der Waals surface area contributed by atoms with Gasteiger partial charge in [-0.1, -0.05) is 0 Å². The van der Waals surface area contributed by atoms with Gasteiger partial charge in [0.05, 0.1) is 0 Å². The Morgan fingerprint density at radius 2 is 1.29 bits per heavy atom. The molecule has 0 N–H and O–H groups in total. The monoisotopic (exact) mass is 370 g/mol. The van der Waals surface area contributed by atoms with Crippen molar-refractivity contribution in [3.8, 4) is 0 Å². The average Bonchev–Trinajstić information content (AvgIpc) is 2.31. The van der Waals surface area contributed by atoms with E-state index in [-0.39, 0.29) is 37.2 Å². The molecule has 1 aliphatic rings. The fraction of sp³-hybridized carbons (Fsp3) is 0.636. The summed E-state index contributed by atoms with van der Waals surface area (Å²) in [6.07, 6.45) is 6.57. The Bertz CT molecular complexity index is 263. The summed E-state index contributed by atoms with van der Waals surface area (Å²) in [5.74, 6) is 0. The first-order chi connectivity index (χ1) is 6.23. The first kappa shape index (κ1) is 23.5. The van der Waals surface area contributed by atoms with Gasteiger partial charge in [0.2, 0.25) is 0 Å². The maximum absolute atomic E-state index is 2.59. The number of halogens is 3. The van der Waals surface area contributed by atoms with E-state index in [1.165, 1.54) is 6.42 Å². The summed E-state index contributed by atoms with van der Waals surface area (Å²) in [7, 11) is 0. The van der Waals surface area contributed by atoms with Crippen molar-refractivity contribution in [2.24, 2.45) is 0 Å². The van der Waals surface area contributed by atoms with Gasteiger partial charge in [0.1, 0.15) is 0 Å². The third-order valence-corrected chi connectivity index (χ3v) is 38.0. The van der Waals surface area contributed by atoms with Crippen LogP contribution in [0.2, 0.25) is 39.3 Å². The van der Waals surface area contributed by atoms with Crippen molar-refractivity contribution in [3.63, 3.8) is 0 Å². The summed E-state index contributed by atoms with van der Waals surface area (Å²) in [6, 6.07) is 0. The Labute approximate surface area is 131 Å². The minimum absolute atomic E-state index is 0. The summed E-state index contributed by atoms with van der Waals surface area (Å²) in [4.78, 5) is 0. The Morgan fingerprint density at radius 3 is 1.53 bits per heavy atom. The zero-order valence-corrected chi connectivity index (χ0v) is 17.5. The quantitative estimate of drug-likeness (QED) is 0.584. The summed E-state index contributed by atoms with van der Waals surface area (Å²) in [6.45, 7) is 15.5. The van der Waals surface area contributed by atoms with Crippen LogP contribution < -0.4 is 0 Å². The molecule has 0 atom stereocenters. The van der Waals surface area contributed by atoms with Crippen LogP contribution in [0.1, 0.15) is 6.42 Å². The molecule has 0 aliphatic heterocycles. The van der Waals surface area contributed by atoms with Gasteiger partial charge in [-0.15, -0.1) is 37.2 Å². The average molecular weight is 372 g/mol. The summed E-state index contributed by atoms with van der Waals surface area (Å²) in [5.41, 5.74) is 0. The predicted molar refractivity (Wildman–Crippen MR) is 90.3 cm³/mol. The van der Waals surface area contributed by atoms with Gasteiger partial charge in [0.25, 0.3) is 0 Å². The van der Waals surface area contributed by atoms with Crippen LogP contribution >= 0.6 is 37.2 Å². The fourth-order valence-electron chi connectivity index (χ4n) is 2.47. The molecule has 0 unspecified atom stereocenters. The molecule has 0 radical (unpaired) electrons. The van der Waals surface area contributed by atoms with Crippen molar-refractivity contribution < 1.29 is 13.8 Å². The molecule has 6 heteroatoms. The van der Waals surface area contributed by atoms with Crippen LogP contribution in [0.25, 0.3) is 0 Å². The van der Waals surface area contributed by atoms with E-state index < -0.39 is 26.7 Å². The Kier molecular flexibility index (Phi) is 11.8. The van der Waals surface area contributed by atoms with Gasteiger partial charge >= 0.3 is 94.9 Å². The molecule has 1 rings (SSSR count). The van der Waals surface area contributed by atoms with Gasteiger partial charge in [0, 0.05) is 0 Å². The molecule has 0 heterocycles. The van der Waals surface area contributed by atoms with Crippen molar-refractivity contribution in [1.82, 2.24) is 0 Å². The first-order valence-corrected chi connectivity index (χ1v) is 17.2. The molecule has 0 bridgehead atoms. The molecular formula is C11H26Cl3Si2V. The Balaban J connectivity index is -0.000000653. The minimum Gasteiger partial charge on any atom is -0.147 e. The standard InChI is InChI=1S/C5H5.2C3H9Si.3ClH.V/c1-2-4-5-3-1;2*1-4(2)3;;;;/h1-3H,4H2;2*1-3H3;3*1H;. The van der Waals surface area contributed by atoms with Gasteiger partial charge in [-0.3, -0.25) is 0 Å². The molecule has 17 heavy (non-hydrogen) atoms. The smallest absolute Gasteiger partial charge is 0.147 e. The predicted octanol–water partition coefficient (Wildman–Crippen LogP) is 5.38. The van der Waals surface area contributed by atoms with E-state index in [4.69, 9.17) is 0 Å². The van der Waals surface area contributed by atoms with Crippen LogP contribution in [0.5, 0.6) is 0 Å². The summed E-state index contributed by atoms with van der Waals surface area (Å²) < 4.78 is 1.87. The molecule has 104 valence electrons. The van der Waals surface area contributed by atoms with E-state index in [0.29, 0.717) is 0 Å². The van der Waals surface area contributed by atoms with Crippen LogP contribution in [-0.2, 0) is 13.8 Å². The third kappa shape index (κ3) is 6.91. The molecule has 1 aliphatic carbocycles. The van der Waals surface area contributed by atoms with Gasteiger partial charge in [0.15, 0.2) is 0 Å². The van der Waals surface area contributed by atoms with Gasteiger partial charge in [-0.25, -0.2) is 0 Å². The Hall–Kier alpha value is 1.37. The van der Waals surface area contributed by atoms with Crippen LogP contribution in [0.3, 0.4) is 0 Å². The van der Waals surface area contributed by atoms with Crippen LogP contribution in [-0.4, -0.2) is 12.9 Å². The van der Waals surface area contributed by atoms with Gasteiger partial charge in [-0.05, 0) is 0 Å². The van der Waals surface area contributed by atoms with E-state index in [1.54, 1.807) is 0 Å². The largest absolute Gasteiger partial charge is 0.147 e. The van der Waals surface area contributed by atoms with Gasteiger partial charge < -0.3 is 0 Å². The second kappa shape index (κ2) is 8.52. The van der Waals surface area contributed by atoms with Crippen LogP contribution in [0.15, 0.2) is 22.5 Å². The van der Waals surface area contributed by atoms with Crippen molar-refractivity contribution in [3.05, 3.63) is 22.5 Å². The molecule has 0 spiro atoms. The number of rotatable bonds is 3. The topological polar surface area (TPSA) is 0 Å². The summed E-state index contributed by atoms with van der Waals surface area (Å²) >= 11 is -0.663. The van der Waals surface area contributed by atoms with E-state index in [1.807, 2.05) is 4.28 Å². The second-order valence-electron chi connectivity index (χ2n) is 5.97. The van der Waals surface area contributed by atoms with E-state index >= 15 is 0 Å². The normalized spacial score (nSPS) is 14.6. The van der Waals surface area contributed by atoms with E-state index in [2.05, 4.69) is 57.5 Å². The zero-order valence-electron chi connectivity index (χ0n) is 11.6. The fourth-order valence-corrected chi connectivity index (χ4v) is 50.8. The van der Waals surface area contributed by atoms with Crippen LogP contribution in [0.4, 0.5) is 0 Å². The van der Waals surface area contributed by atoms with Crippen molar-refractivity contribution in [2.45, 2.75) is 45.7 Å². The number of hydrogen-bond donors (Lipinski definition) is 0. The third-order valence-electron chi connectivity index (χ3n) is 2.38. The maximum atomic E-state index is 2.59. The van der Waals surface area contributed by atoms with Crippen molar-refractivity contribution in [1.29, 1.82) is 0 Å². The zero-order chi connectivity index (χ0) is 11.0. The van der Waals surface area contributed by atoms with E-state index in [0.717, 1.165) is 0 Å². The molecule has 0 amide bonds. The molecule has 0 fully saturated rings. The number of hydrogen-bond acceptors (Lipinski definition) is 0.